The first-order chi connectivity index (χ1) is 11.6. The quantitative estimate of drug-likeness (QED) is 0.632. The number of aryl methyl sites for hydroxylation is 1. The number of likely N-dealkylation sites (N-methyl/N-ethyl adjacent to an activating group) is 1. The molecule has 0 radical (unpaired) electrons. The van der Waals surface area contributed by atoms with Gasteiger partial charge in [0.2, 0.25) is 0 Å². The number of fused-ring (bicyclic) bond motifs is 1. The number of nitrogens with one attached hydrogen (secondary N) is 1. The topological polar surface area (TPSA) is 100 Å². The van der Waals surface area contributed by atoms with Gasteiger partial charge < -0.3 is 21.1 Å². The highest BCUT2D eigenvalue weighted by molar-refractivity contribution is 7.22. The Morgan fingerprint density at radius 2 is 2.17 bits per heavy atom. The first-order valence-electron chi connectivity index (χ1n) is 7.73. The van der Waals surface area contributed by atoms with Crippen molar-refractivity contribution in [1.82, 2.24) is 15.0 Å². The predicted molar refractivity (Wildman–Crippen MR) is 99.1 cm³/mol. The number of hydrogen-bond donors (Lipinski definition) is 3. The molecule has 8 heteroatoms. The molecule has 1 aromatic carbocycles. The van der Waals surface area contributed by atoms with Crippen molar-refractivity contribution in [3.8, 4) is 0 Å². The van der Waals surface area contributed by atoms with Gasteiger partial charge in [0.1, 0.15) is 12.0 Å². The molecule has 0 bridgehead atoms. The highest BCUT2D eigenvalue weighted by Crippen LogP contribution is 2.33. The summed E-state index contributed by atoms with van der Waals surface area (Å²) in [5, 5.41) is 13.1. The van der Waals surface area contributed by atoms with Gasteiger partial charge in [0.15, 0.2) is 16.8 Å². The van der Waals surface area contributed by atoms with Gasteiger partial charge in [-0.05, 0) is 25.5 Å². The van der Waals surface area contributed by atoms with Crippen molar-refractivity contribution >= 4 is 44.0 Å². The Balaban J connectivity index is 1.93. The van der Waals surface area contributed by atoms with E-state index < -0.39 is 0 Å². The molecule has 0 saturated carbocycles. The van der Waals surface area contributed by atoms with Crippen molar-refractivity contribution in [1.29, 1.82) is 0 Å². The van der Waals surface area contributed by atoms with E-state index in [1.807, 2.05) is 36.9 Å². The van der Waals surface area contributed by atoms with Crippen LogP contribution in [0.1, 0.15) is 12.5 Å². The van der Waals surface area contributed by atoms with Crippen LogP contribution in [0, 0.1) is 6.92 Å². The molecule has 0 aliphatic carbocycles. The summed E-state index contributed by atoms with van der Waals surface area (Å²) in [5.41, 5.74) is 8.79. The highest BCUT2D eigenvalue weighted by Gasteiger charge is 2.15. The normalized spacial score (nSPS) is 11.0. The molecule has 3 rings (SSSR count). The summed E-state index contributed by atoms with van der Waals surface area (Å²) in [4.78, 5) is 15.0. The molecule has 2 aromatic heterocycles. The molecule has 0 saturated heterocycles. The maximum absolute atomic E-state index is 9.18. The molecule has 3 aromatic rings. The summed E-state index contributed by atoms with van der Waals surface area (Å²) in [6.45, 7) is 5.23. The van der Waals surface area contributed by atoms with Gasteiger partial charge in [-0.2, -0.15) is 0 Å². The number of rotatable bonds is 6. The van der Waals surface area contributed by atoms with E-state index in [4.69, 9.17) is 5.73 Å². The van der Waals surface area contributed by atoms with Crippen LogP contribution in [0.4, 0.5) is 22.5 Å². The molecule has 0 atom stereocenters. The number of hydrogen-bond acceptors (Lipinski definition) is 8. The van der Waals surface area contributed by atoms with Crippen LogP contribution < -0.4 is 16.0 Å². The maximum atomic E-state index is 9.18. The summed E-state index contributed by atoms with van der Waals surface area (Å²) in [7, 11) is 0. The molecule has 4 N–H and O–H groups in total. The summed E-state index contributed by atoms with van der Waals surface area (Å²) in [6, 6.07) is 6.10. The van der Waals surface area contributed by atoms with Gasteiger partial charge in [0.25, 0.3) is 0 Å². The molecule has 24 heavy (non-hydrogen) atoms. The smallest absolute Gasteiger partial charge is 0.189 e. The van der Waals surface area contributed by atoms with Crippen molar-refractivity contribution in [2.24, 2.45) is 0 Å². The summed E-state index contributed by atoms with van der Waals surface area (Å²) in [5.74, 6) is 1.13. The number of aliphatic hydroxyl groups is 1. The van der Waals surface area contributed by atoms with Crippen LogP contribution in [0.5, 0.6) is 0 Å². The van der Waals surface area contributed by atoms with Crippen LogP contribution in [0.15, 0.2) is 24.5 Å². The molecular weight excluding hydrogens is 324 g/mol. The zero-order chi connectivity index (χ0) is 17.1. The standard InChI is InChI=1S/C16H20N6OS/c1-3-22(7-8-23)15-12(17)14(18-9-19-15)21-16-20-13-10(2)5-4-6-11(13)24-16/h4-6,9,23H,3,7-8,17H2,1-2H3,(H,18,19,20,21). The van der Waals surface area contributed by atoms with Gasteiger partial charge in [-0.3, -0.25) is 0 Å². The number of benzene rings is 1. The van der Waals surface area contributed by atoms with E-state index in [2.05, 4.69) is 20.3 Å². The van der Waals surface area contributed by atoms with E-state index in [0.717, 1.165) is 20.9 Å². The Morgan fingerprint density at radius 1 is 1.33 bits per heavy atom. The summed E-state index contributed by atoms with van der Waals surface area (Å²) >= 11 is 1.55. The Morgan fingerprint density at radius 3 is 2.88 bits per heavy atom. The molecule has 7 nitrogen and oxygen atoms in total. The van der Waals surface area contributed by atoms with Gasteiger partial charge in [0.05, 0.1) is 16.8 Å². The Hall–Kier alpha value is -2.45. The van der Waals surface area contributed by atoms with Crippen LogP contribution in [0.3, 0.4) is 0 Å². The maximum Gasteiger partial charge on any atom is 0.189 e. The second-order valence-corrected chi connectivity index (χ2v) is 6.36. The van der Waals surface area contributed by atoms with Crippen LogP contribution in [-0.2, 0) is 0 Å². The first-order valence-corrected chi connectivity index (χ1v) is 8.55. The number of aliphatic hydroxyl groups excluding tert-OH is 1. The highest BCUT2D eigenvalue weighted by atomic mass is 32.1. The van der Waals surface area contributed by atoms with E-state index in [9.17, 15) is 5.11 Å². The summed E-state index contributed by atoms with van der Waals surface area (Å²) < 4.78 is 1.11. The van der Waals surface area contributed by atoms with Crippen molar-refractivity contribution in [3.63, 3.8) is 0 Å². The fraction of sp³-hybridized carbons (Fsp3) is 0.312. The number of aromatic nitrogens is 3. The van der Waals surface area contributed by atoms with Crippen LogP contribution in [-0.4, -0.2) is 39.8 Å². The molecule has 0 spiro atoms. The SMILES string of the molecule is CCN(CCO)c1ncnc(Nc2nc3c(C)cccc3s2)c1N. The fourth-order valence-electron chi connectivity index (χ4n) is 2.51. The van der Waals surface area contributed by atoms with Gasteiger partial charge in [-0.15, -0.1) is 0 Å². The first kappa shape index (κ1) is 16.4. The molecule has 0 aliphatic heterocycles. The average molecular weight is 344 g/mol. The molecule has 0 unspecified atom stereocenters. The molecule has 126 valence electrons. The van der Waals surface area contributed by atoms with E-state index >= 15 is 0 Å². The fourth-order valence-corrected chi connectivity index (χ4v) is 3.46. The van der Waals surface area contributed by atoms with E-state index in [0.29, 0.717) is 30.4 Å². The third-order valence-electron chi connectivity index (χ3n) is 3.76. The minimum absolute atomic E-state index is 0.0389. The zero-order valence-corrected chi connectivity index (χ0v) is 14.5. The van der Waals surface area contributed by atoms with Crippen molar-refractivity contribution in [2.75, 3.05) is 35.6 Å². The van der Waals surface area contributed by atoms with E-state index in [1.54, 1.807) is 11.3 Å². The van der Waals surface area contributed by atoms with Crippen molar-refractivity contribution in [2.45, 2.75) is 13.8 Å². The number of nitrogens with zero attached hydrogens (tertiary/aromatic N) is 4. The lowest BCUT2D eigenvalue weighted by Gasteiger charge is -2.22. The van der Waals surface area contributed by atoms with E-state index in [1.165, 1.54) is 6.33 Å². The molecular formula is C16H20N6OS. The van der Waals surface area contributed by atoms with Crippen molar-refractivity contribution < 1.29 is 5.11 Å². The van der Waals surface area contributed by atoms with Crippen molar-refractivity contribution in [3.05, 3.63) is 30.1 Å². The van der Waals surface area contributed by atoms with Gasteiger partial charge >= 0.3 is 0 Å². The molecule has 0 amide bonds. The van der Waals surface area contributed by atoms with Crippen LogP contribution in [0.2, 0.25) is 0 Å². The average Bonchev–Trinajstić information content (AvgIpc) is 2.99. The second-order valence-electron chi connectivity index (χ2n) is 5.33. The number of nitrogen functional groups attached to an aromatic ring is 1. The van der Waals surface area contributed by atoms with Gasteiger partial charge in [-0.25, -0.2) is 15.0 Å². The zero-order valence-electron chi connectivity index (χ0n) is 13.7. The predicted octanol–water partition coefficient (Wildman–Crippen LogP) is 2.54. The molecule has 0 aliphatic rings. The van der Waals surface area contributed by atoms with Gasteiger partial charge in [0, 0.05) is 13.1 Å². The lowest BCUT2D eigenvalue weighted by molar-refractivity contribution is 0.302. The second kappa shape index (κ2) is 6.98. The minimum atomic E-state index is 0.0389. The number of para-hydroxylation sites is 1. The van der Waals surface area contributed by atoms with Crippen LogP contribution >= 0.6 is 11.3 Å². The van der Waals surface area contributed by atoms with Crippen LogP contribution in [0.25, 0.3) is 10.2 Å². The monoisotopic (exact) mass is 344 g/mol. The lowest BCUT2D eigenvalue weighted by Crippen LogP contribution is -2.28. The third-order valence-corrected chi connectivity index (χ3v) is 4.70. The third kappa shape index (κ3) is 3.10. The number of thiazole rings is 1. The Kier molecular flexibility index (Phi) is 4.77. The minimum Gasteiger partial charge on any atom is -0.395 e. The summed E-state index contributed by atoms with van der Waals surface area (Å²) in [6.07, 6.45) is 1.46. The molecule has 2 heterocycles. The lowest BCUT2D eigenvalue weighted by atomic mass is 10.2. The Bertz CT molecular complexity index is 850. The Labute approximate surface area is 144 Å². The van der Waals surface area contributed by atoms with E-state index in [-0.39, 0.29) is 6.61 Å². The van der Waals surface area contributed by atoms with Gasteiger partial charge in [-0.1, -0.05) is 23.5 Å². The largest absolute Gasteiger partial charge is 0.395 e. The number of nitrogens with two attached hydrogens (primary N) is 1. The number of anilines is 4. The molecule has 0 fully saturated rings.